The molecule has 2 nitrogen and oxygen atoms in total. The van der Waals surface area contributed by atoms with Crippen LogP contribution in [0.4, 0.5) is 0 Å². The lowest BCUT2D eigenvalue weighted by Crippen LogP contribution is -2.07. The minimum Gasteiger partial charge on any atom is -0.323 e. The van der Waals surface area contributed by atoms with Crippen LogP contribution in [0.2, 0.25) is 5.02 Å². The highest BCUT2D eigenvalue weighted by Gasteiger charge is 2.08. The summed E-state index contributed by atoms with van der Waals surface area (Å²) in [5, 5.41) is 0.622. The standard InChI is InChI=1S/C13H13ClN2.ClH/c1-9(15)13-12(14)7-11(8-16-13)10-5-3-2-4-6-10;/h2-9H,15H2,1H3;1H. The van der Waals surface area contributed by atoms with E-state index in [9.17, 15) is 0 Å². The molecule has 17 heavy (non-hydrogen) atoms. The highest BCUT2D eigenvalue weighted by molar-refractivity contribution is 6.31. The van der Waals surface area contributed by atoms with Gasteiger partial charge in [-0.2, -0.15) is 0 Å². The molecule has 0 saturated carbocycles. The Bertz CT molecular complexity index is 484. The number of pyridine rings is 1. The summed E-state index contributed by atoms with van der Waals surface area (Å²) in [7, 11) is 0. The molecule has 0 aliphatic rings. The average molecular weight is 269 g/mol. The Balaban J connectivity index is 0.00000144. The number of hydrogen-bond acceptors (Lipinski definition) is 2. The van der Waals surface area contributed by atoms with Gasteiger partial charge in [0.15, 0.2) is 0 Å². The smallest absolute Gasteiger partial charge is 0.0754 e. The lowest BCUT2D eigenvalue weighted by Gasteiger charge is -2.08. The second-order valence-electron chi connectivity index (χ2n) is 3.75. The summed E-state index contributed by atoms with van der Waals surface area (Å²) in [5.74, 6) is 0. The zero-order valence-electron chi connectivity index (χ0n) is 9.43. The van der Waals surface area contributed by atoms with Crippen molar-refractivity contribution in [3.8, 4) is 11.1 Å². The van der Waals surface area contributed by atoms with Crippen LogP contribution in [0.5, 0.6) is 0 Å². The molecule has 1 aromatic heterocycles. The van der Waals surface area contributed by atoms with Gasteiger partial charge in [0.1, 0.15) is 0 Å². The fraction of sp³-hybridized carbons (Fsp3) is 0.154. The van der Waals surface area contributed by atoms with Gasteiger partial charge in [-0.3, -0.25) is 4.98 Å². The van der Waals surface area contributed by atoms with Crippen molar-refractivity contribution in [3.63, 3.8) is 0 Å². The Morgan fingerprint density at radius 2 is 1.82 bits per heavy atom. The fourth-order valence-corrected chi connectivity index (χ4v) is 1.91. The average Bonchev–Trinajstić information content (AvgIpc) is 2.29. The van der Waals surface area contributed by atoms with E-state index < -0.39 is 0 Å². The first-order valence-electron chi connectivity index (χ1n) is 5.15. The molecule has 1 heterocycles. The number of rotatable bonds is 2. The van der Waals surface area contributed by atoms with Gasteiger partial charge in [0.05, 0.1) is 10.7 Å². The molecule has 1 atom stereocenters. The van der Waals surface area contributed by atoms with Gasteiger partial charge >= 0.3 is 0 Å². The fourth-order valence-electron chi connectivity index (χ4n) is 1.57. The molecule has 0 saturated heterocycles. The Morgan fingerprint density at radius 3 is 2.35 bits per heavy atom. The van der Waals surface area contributed by atoms with E-state index in [0.29, 0.717) is 5.02 Å². The first-order valence-corrected chi connectivity index (χ1v) is 5.52. The number of halogens is 2. The summed E-state index contributed by atoms with van der Waals surface area (Å²) >= 11 is 6.13. The molecule has 0 fully saturated rings. The van der Waals surface area contributed by atoms with Crippen LogP contribution in [0.3, 0.4) is 0 Å². The Morgan fingerprint density at radius 1 is 1.18 bits per heavy atom. The van der Waals surface area contributed by atoms with Crippen molar-refractivity contribution in [1.82, 2.24) is 4.98 Å². The van der Waals surface area contributed by atoms with Crippen LogP contribution in [0.25, 0.3) is 11.1 Å². The predicted octanol–water partition coefficient (Wildman–Crippen LogP) is 3.84. The molecule has 0 aliphatic heterocycles. The Labute approximate surface area is 112 Å². The van der Waals surface area contributed by atoms with Crippen molar-refractivity contribution in [2.24, 2.45) is 5.73 Å². The summed E-state index contributed by atoms with van der Waals surface area (Å²) < 4.78 is 0. The third kappa shape index (κ3) is 3.19. The monoisotopic (exact) mass is 268 g/mol. The van der Waals surface area contributed by atoms with E-state index in [1.807, 2.05) is 43.3 Å². The van der Waals surface area contributed by atoms with Crippen molar-refractivity contribution in [2.75, 3.05) is 0 Å². The lowest BCUT2D eigenvalue weighted by atomic mass is 10.1. The van der Waals surface area contributed by atoms with Gasteiger partial charge < -0.3 is 5.73 Å². The van der Waals surface area contributed by atoms with Crippen LogP contribution in [-0.4, -0.2) is 4.98 Å². The third-order valence-electron chi connectivity index (χ3n) is 2.41. The van der Waals surface area contributed by atoms with Crippen molar-refractivity contribution >= 4 is 24.0 Å². The van der Waals surface area contributed by atoms with E-state index in [-0.39, 0.29) is 18.4 Å². The van der Waals surface area contributed by atoms with Gasteiger partial charge in [0, 0.05) is 17.8 Å². The summed E-state index contributed by atoms with van der Waals surface area (Å²) in [6, 6.07) is 11.8. The van der Waals surface area contributed by atoms with Crippen LogP contribution in [0.15, 0.2) is 42.6 Å². The maximum atomic E-state index is 6.13. The molecule has 2 N–H and O–H groups in total. The number of nitrogens with zero attached hydrogens (tertiary/aromatic N) is 1. The highest BCUT2D eigenvalue weighted by Crippen LogP contribution is 2.25. The van der Waals surface area contributed by atoms with Crippen LogP contribution in [0.1, 0.15) is 18.7 Å². The van der Waals surface area contributed by atoms with Gasteiger partial charge in [-0.15, -0.1) is 12.4 Å². The molecular formula is C13H14Cl2N2. The molecule has 1 aromatic carbocycles. The van der Waals surface area contributed by atoms with Gasteiger partial charge in [-0.1, -0.05) is 41.9 Å². The molecular weight excluding hydrogens is 255 g/mol. The Hall–Kier alpha value is -1.09. The van der Waals surface area contributed by atoms with E-state index >= 15 is 0 Å². The van der Waals surface area contributed by atoms with E-state index in [1.54, 1.807) is 6.20 Å². The topological polar surface area (TPSA) is 38.9 Å². The van der Waals surface area contributed by atoms with Crippen molar-refractivity contribution in [1.29, 1.82) is 0 Å². The Kier molecular flexibility index (Phi) is 4.94. The summed E-state index contributed by atoms with van der Waals surface area (Å²) in [6.07, 6.45) is 1.81. The molecule has 90 valence electrons. The predicted molar refractivity (Wildman–Crippen MR) is 74.5 cm³/mol. The quantitative estimate of drug-likeness (QED) is 0.899. The number of aromatic nitrogens is 1. The van der Waals surface area contributed by atoms with Gasteiger partial charge in [-0.05, 0) is 18.6 Å². The van der Waals surface area contributed by atoms with Gasteiger partial charge in [-0.25, -0.2) is 0 Å². The summed E-state index contributed by atoms with van der Waals surface area (Å²) in [5.41, 5.74) is 8.61. The molecule has 2 rings (SSSR count). The van der Waals surface area contributed by atoms with Gasteiger partial charge in [0.25, 0.3) is 0 Å². The van der Waals surface area contributed by atoms with Crippen LogP contribution in [-0.2, 0) is 0 Å². The first kappa shape index (κ1) is 14.0. The summed E-state index contributed by atoms with van der Waals surface area (Å²) in [6.45, 7) is 1.87. The van der Waals surface area contributed by atoms with E-state index in [1.165, 1.54) is 0 Å². The SMILES string of the molecule is CC(N)c1ncc(-c2ccccc2)cc1Cl.Cl. The largest absolute Gasteiger partial charge is 0.323 e. The third-order valence-corrected chi connectivity index (χ3v) is 2.71. The molecule has 0 spiro atoms. The van der Waals surface area contributed by atoms with Crippen molar-refractivity contribution in [2.45, 2.75) is 13.0 Å². The van der Waals surface area contributed by atoms with Crippen LogP contribution in [0, 0.1) is 0 Å². The highest BCUT2D eigenvalue weighted by atomic mass is 35.5. The maximum absolute atomic E-state index is 6.13. The zero-order chi connectivity index (χ0) is 11.5. The van der Waals surface area contributed by atoms with Gasteiger partial charge in [0.2, 0.25) is 0 Å². The number of nitrogens with two attached hydrogens (primary N) is 1. The van der Waals surface area contributed by atoms with E-state index in [4.69, 9.17) is 17.3 Å². The second-order valence-corrected chi connectivity index (χ2v) is 4.15. The summed E-state index contributed by atoms with van der Waals surface area (Å²) in [4.78, 5) is 4.30. The normalized spacial score (nSPS) is 11.7. The lowest BCUT2D eigenvalue weighted by molar-refractivity contribution is 0.782. The van der Waals surface area contributed by atoms with E-state index in [2.05, 4.69) is 4.98 Å². The molecule has 0 bridgehead atoms. The molecule has 0 aliphatic carbocycles. The molecule has 2 aromatic rings. The van der Waals surface area contributed by atoms with Crippen molar-refractivity contribution in [3.05, 3.63) is 53.3 Å². The molecule has 0 amide bonds. The molecule has 1 unspecified atom stereocenters. The molecule has 0 radical (unpaired) electrons. The van der Waals surface area contributed by atoms with E-state index in [0.717, 1.165) is 16.8 Å². The van der Waals surface area contributed by atoms with Crippen molar-refractivity contribution < 1.29 is 0 Å². The zero-order valence-corrected chi connectivity index (χ0v) is 11.0. The van der Waals surface area contributed by atoms with Crippen LogP contribution < -0.4 is 5.73 Å². The second kappa shape index (κ2) is 6.01. The maximum Gasteiger partial charge on any atom is 0.0754 e. The number of hydrogen-bond donors (Lipinski definition) is 1. The number of benzene rings is 1. The van der Waals surface area contributed by atoms with Crippen LogP contribution >= 0.6 is 24.0 Å². The minimum atomic E-state index is -0.141. The minimum absolute atomic E-state index is 0. The first-order chi connectivity index (χ1) is 7.68. The molecule has 4 heteroatoms.